The highest BCUT2D eigenvalue weighted by atomic mass is 16.5. The summed E-state index contributed by atoms with van der Waals surface area (Å²) < 4.78 is 11.2. The number of aliphatic imine (C=N–C) groups is 3. The number of rotatable bonds is 7. The van der Waals surface area contributed by atoms with Crippen LogP contribution in [-0.2, 0) is 14.3 Å². The maximum atomic E-state index is 11.5. The fourth-order valence-electron chi connectivity index (χ4n) is 7.10. The molecule has 2 unspecified atom stereocenters. The Labute approximate surface area is 258 Å². The van der Waals surface area contributed by atoms with Crippen LogP contribution in [0.25, 0.3) is 0 Å². The lowest BCUT2D eigenvalue weighted by Gasteiger charge is -2.20. The minimum atomic E-state index is -0.677. The Kier molecular flexibility index (Phi) is 7.52. The van der Waals surface area contributed by atoms with Gasteiger partial charge in [-0.15, -0.1) is 0 Å². The Morgan fingerprint density at radius 1 is 1.07 bits per heavy atom. The lowest BCUT2D eigenvalue weighted by Crippen LogP contribution is -2.23. The van der Waals surface area contributed by atoms with Gasteiger partial charge in [0.1, 0.15) is 11.9 Å². The second-order valence-corrected chi connectivity index (χ2v) is 11.8. The molecule has 5 aliphatic heterocycles. The van der Waals surface area contributed by atoms with Crippen LogP contribution >= 0.6 is 0 Å². The van der Waals surface area contributed by atoms with Crippen LogP contribution in [0.15, 0.2) is 125 Å². The molecule has 8 heteroatoms. The number of hydrogen-bond acceptors (Lipinski definition) is 8. The Balaban J connectivity index is 1.63. The number of methoxy groups -OCH3 is 2. The molecular formula is C36H38N4O4. The number of allylic oxidation sites excluding steroid dienone is 12. The maximum absolute atomic E-state index is 11.5. The SMILES string of the molecule is C=CC1=C(C)C2=NC1=CC1=NC(=CC3=C(C)C4=C(O)C(OC)C(=C5NC(=C2)[C@@H](C)C5CCC(=C=O)OC)C4=N3)C(CC)=C1C. The van der Waals surface area contributed by atoms with Gasteiger partial charge in [-0.2, -0.15) is 0 Å². The molecule has 6 rings (SSSR count). The molecule has 6 aliphatic rings. The molecule has 0 spiro atoms. The standard InChI is InChI=1S/C36H38N4O4/c1-9-22-17(3)25-13-27-19(5)24(12-11-21(16-41)43-7)33(39-27)32-34-31(35(42)36(32)44-8)20(6)28(40-34)15-30-23(10-2)18(4)26(38-30)14-29(22)37-25/h9,13-15,19,24,36,39,42H,1,10-12H2,2-8H3/t19-,24?,36?/m0/s1. The summed E-state index contributed by atoms with van der Waals surface area (Å²) in [4.78, 5) is 26.7. The van der Waals surface area contributed by atoms with Crippen molar-refractivity contribution in [2.75, 3.05) is 14.2 Å². The van der Waals surface area contributed by atoms with E-state index in [4.69, 9.17) is 24.5 Å². The van der Waals surface area contributed by atoms with Crippen molar-refractivity contribution in [1.82, 2.24) is 5.32 Å². The second-order valence-electron chi connectivity index (χ2n) is 11.8. The van der Waals surface area contributed by atoms with Gasteiger partial charge in [-0.3, -0.25) is 0 Å². The first kappa shape index (κ1) is 29.5. The average Bonchev–Trinajstić information content (AvgIpc) is 3.74. The molecule has 3 atom stereocenters. The predicted molar refractivity (Wildman–Crippen MR) is 174 cm³/mol. The topological polar surface area (TPSA) is 105 Å². The summed E-state index contributed by atoms with van der Waals surface area (Å²) in [6.07, 6.45) is 9.21. The van der Waals surface area contributed by atoms with Gasteiger partial charge in [0.05, 0.1) is 41.3 Å². The van der Waals surface area contributed by atoms with Crippen molar-refractivity contribution in [2.24, 2.45) is 26.8 Å². The summed E-state index contributed by atoms with van der Waals surface area (Å²) in [5.41, 5.74) is 13.5. The fraction of sp³-hybridized carbons (Fsp3) is 0.361. The fourth-order valence-corrected chi connectivity index (χ4v) is 7.10. The zero-order valence-corrected chi connectivity index (χ0v) is 26.4. The van der Waals surface area contributed by atoms with Gasteiger partial charge in [0.15, 0.2) is 11.7 Å². The van der Waals surface area contributed by atoms with E-state index >= 15 is 0 Å². The smallest absolute Gasteiger partial charge is 0.179 e. The molecule has 44 heavy (non-hydrogen) atoms. The van der Waals surface area contributed by atoms with Gasteiger partial charge < -0.3 is 19.9 Å². The Hall–Kier alpha value is -4.52. The molecule has 8 nitrogen and oxygen atoms in total. The van der Waals surface area contributed by atoms with Gasteiger partial charge in [0.2, 0.25) is 0 Å². The minimum Gasteiger partial charge on any atom is -0.508 e. The summed E-state index contributed by atoms with van der Waals surface area (Å²) >= 11 is 0. The van der Waals surface area contributed by atoms with Gasteiger partial charge in [0, 0.05) is 53.5 Å². The third kappa shape index (κ3) is 4.40. The molecule has 1 saturated heterocycles. The zero-order valence-electron chi connectivity index (χ0n) is 26.4. The predicted octanol–water partition coefficient (Wildman–Crippen LogP) is 6.61. The van der Waals surface area contributed by atoms with E-state index < -0.39 is 6.10 Å². The van der Waals surface area contributed by atoms with Crippen molar-refractivity contribution in [3.63, 3.8) is 0 Å². The van der Waals surface area contributed by atoms with Crippen molar-refractivity contribution in [3.8, 4) is 0 Å². The van der Waals surface area contributed by atoms with E-state index in [9.17, 15) is 9.90 Å². The third-order valence-electron chi connectivity index (χ3n) is 9.65. The number of nitrogens with zero attached hydrogens (tertiary/aromatic N) is 3. The molecule has 226 valence electrons. The third-order valence-corrected chi connectivity index (χ3v) is 9.65. The van der Waals surface area contributed by atoms with Crippen LogP contribution in [-0.4, -0.2) is 48.5 Å². The summed E-state index contributed by atoms with van der Waals surface area (Å²) in [5, 5.41) is 15.3. The highest BCUT2D eigenvalue weighted by molar-refractivity contribution is 6.22. The monoisotopic (exact) mass is 590 g/mol. The first-order chi connectivity index (χ1) is 21.2. The van der Waals surface area contributed by atoms with E-state index in [1.165, 1.54) is 7.11 Å². The van der Waals surface area contributed by atoms with E-state index in [1.807, 2.05) is 31.1 Å². The van der Waals surface area contributed by atoms with Crippen LogP contribution in [0, 0.1) is 11.8 Å². The number of aliphatic hydroxyl groups is 1. The molecule has 0 amide bonds. The highest BCUT2D eigenvalue weighted by Crippen LogP contribution is 2.47. The molecule has 1 aliphatic carbocycles. The van der Waals surface area contributed by atoms with Gasteiger partial charge in [-0.25, -0.2) is 19.8 Å². The quantitative estimate of drug-likeness (QED) is 0.256. The summed E-state index contributed by atoms with van der Waals surface area (Å²) in [6, 6.07) is 0. The molecule has 0 aromatic heterocycles. The Bertz CT molecular complexity index is 1810. The van der Waals surface area contributed by atoms with Crippen LogP contribution in [0.1, 0.15) is 53.9 Å². The number of hydrogen-bond donors (Lipinski definition) is 2. The number of nitrogens with one attached hydrogen (secondary N) is 1. The maximum Gasteiger partial charge on any atom is 0.179 e. The zero-order chi connectivity index (χ0) is 31.4. The van der Waals surface area contributed by atoms with E-state index in [0.29, 0.717) is 24.1 Å². The van der Waals surface area contributed by atoms with Crippen molar-refractivity contribution >= 4 is 23.1 Å². The summed E-state index contributed by atoms with van der Waals surface area (Å²) in [6.45, 7) is 14.5. The van der Waals surface area contributed by atoms with Gasteiger partial charge >= 0.3 is 0 Å². The number of fused-ring (bicyclic) bond motifs is 5. The molecule has 0 saturated carbocycles. The minimum absolute atomic E-state index is 0.0349. The molecule has 0 aromatic rings. The highest BCUT2D eigenvalue weighted by Gasteiger charge is 2.46. The average molecular weight is 591 g/mol. The van der Waals surface area contributed by atoms with Crippen molar-refractivity contribution < 1.29 is 19.4 Å². The largest absolute Gasteiger partial charge is 0.508 e. The number of aliphatic hydroxyl groups excluding tert-OH is 1. The number of carbonyl (C=O) groups excluding carboxylic acids is 1. The number of ether oxygens (including phenoxy) is 2. The normalized spacial score (nSPS) is 25.6. The molecule has 2 N–H and O–H groups in total. The first-order valence-corrected chi connectivity index (χ1v) is 15.1. The lowest BCUT2D eigenvalue weighted by atomic mass is 9.85. The van der Waals surface area contributed by atoms with Crippen molar-refractivity contribution in [1.29, 1.82) is 0 Å². The van der Waals surface area contributed by atoms with Crippen LogP contribution in [0.4, 0.5) is 0 Å². The van der Waals surface area contributed by atoms with Crippen LogP contribution in [0.5, 0.6) is 0 Å². The Morgan fingerprint density at radius 3 is 2.45 bits per heavy atom. The van der Waals surface area contributed by atoms with Gasteiger partial charge in [-0.05, 0) is 74.1 Å². The first-order valence-electron chi connectivity index (χ1n) is 15.1. The van der Waals surface area contributed by atoms with E-state index in [1.54, 1.807) is 7.11 Å². The van der Waals surface area contributed by atoms with E-state index in [2.05, 4.69) is 45.7 Å². The van der Waals surface area contributed by atoms with Gasteiger partial charge in [-0.1, -0.05) is 26.5 Å². The molecule has 1 fully saturated rings. The molecular weight excluding hydrogens is 552 g/mol. The molecule has 5 heterocycles. The summed E-state index contributed by atoms with van der Waals surface area (Å²) in [5.74, 6) is 2.34. The van der Waals surface area contributed by atoms with E-state index in [-0.39, 0.29) is 23.4 Å². The lowest BCUT2D eigenvalue weighted by molar-refractivity contribution is 0.125. The van der Waals surface area contributed by atoms with Crippen LogP contribution in [0.3, 0.4) is 0 Å². The van der Waals surface area contributed by atoms with E-state index in [0.717, 1.165) is 79.8 Å². The molecule has 0 radical (unpaired) electrons. The van der Waals surface area contributed by atoms with Crippen LogP contribution in [0.2, 0.25) is 0 Å². The van der Waals surface area contributed by atoms with Crippen molar-refractivity contribution in [2.45, 2.75) is 60.0 Å². The van der Waals surface area contributed by atoms with Crippen LogP contribution < -0.4 is 5.32 Å². The molecule has 8 bridgehead atoms. The second kappa shape index (κ2) is 11.2. The Morgan fingerprint density at radius 2 is 1.80 bits per heavy atom. The van der Waals surface area contributed by atoms with Crippen molar-refractivity contribution in [3.05, 3.63) is 110 Å². The van der Waals surface area contributed by atoms with Gasteiger partial charge in [0.25, 0.3) is 0 Å². The molecule has 0 aromatic carbocycles. The summed E-state index contributed by atoms with van der Waals surface area (Å²) in [7, 11) is 3.09.